The van der Waals surface area contributed by atoms with Gasteiger partial charge in [0.25, 0.3) is 0 Å². The molecule has 1 aromatic carbocycles. The Morgan fingerprint density at radius 3 is 2.71 bits per heavy atom. The Kier molecular flexibility index (Phi) is 2.14. The van der Waals surface area contributed by atoms with Crippen molar-refractivity contribution in [3.05, 3.63) is 35.0 Å². The number of aliphatic hydroxyl groups is 1. The summed E-state index contributed by atoms with van der Waals surface area (Å²) in [6, 6.07) is 6.55. The molecule has 1 aliphatic rings. The number of hydrogen-bond donors (Lipinski definition) is 1. The molecule has 1 aliphatic heterocycles. The lowest BCUT2D eigenvalue weighted by Gasteiger charge is -2.22. The summed E-state index contributed by atoms with van der Waals surface area (Å²) in [7, 11) is 0. The van der Waals surface area contributed by atoms with Gasteiger partial charge in [-0.3, -0.25) is 0 Å². The summed E-state index contributed by atoms with van der Waals surface area (Å²) >= 11 is 0. The molecule has 0 spiro atoms. The zero-order chi connectivity index (χ0) is 12.2. The Morgan fingerprint density at radius 1 is 1.24 bits per heavy atom. The Hall–Kier alpha value is -1.28. The van der Waals surface area contributed by atoms with E-state index in [9.17, 15) is 5.11 Å². The molecule has 0 unspecified atom stereocenters. The van der Waals surface area contributed by atoms with Crippen molar-refractivity contribution in [2.24, 2.45) is 0 Å². The van der Waals surface area contributed by atoms with Gasteiger partial charge in [-0.1, -0.05) is 6.07 Å². The molecule has 3 rings (SSSR count). The maximum Gasteiger partial charge on any atom is 0.0840 e. The molecule has 0 atom stereocenters. The monoisotopic (exact) mass is 229 g/mol. The van der Waals surface area contributed by atoms with Crippen LogP contribution in [0.1, 0.15) is 37.1 Å². The van der Waals surface area contributed by atoms with Crippen LogP contribution >= 0.6 is 0 Å². The molecule has 1 aromatic heterocycles. The molecule has 2 heteroatoms. The minimum absolute atomic E-state index is 0.752. The molecule has 2 aromatic rings. The topological polar surface area (TPSA) is 25.2 Å². The van der Waals surface area contributed by atoms with Gasteiger partial charge < -0.3 is 9.67 Å². The molecule has 2 heterocycles. The summed E-state index contributed by atoms with van der Waals surface area (Å²) in [5.41, 5.74) is 4.37. The van der Waals surface area contributed by atoms with Crippen molar-refractivity contribution < 1.29 is 5.11 Å². The molecule has 0 fully saturated rings. The number of hydrogen-bond acceptors (Lipinski definition) is 1. The molecular formula is C15H19NO. The maximum absolute atomic E-state index is 10.2. The third-order valence-electron chi connectivity index (χ3n) is 3.81. The van der Waals surface area contributed by atoms with Gasteiger partial charge in [0, 0.05) is 17.6 Å². The van der Waals surface area contributed by atoms with Crippen molar-refractivity contribution in [3.63, 3.8) is 0 Å². The Morgan fingerprint density at radius 2 is 2.00 bits per heavy atom. The standard InChI is InChI=1S/C15H19NO/c1-10-7-12-9-13(15(2,3)17)8-11-5-4-6-16(10)14(11)12/h7-9,17H,4-6H2,1-3H3. The van der Waals surface area contributed by atoms with Gasteiger partial charge in [-0.2, -0.15) is 0 Å². The number of benzene rings is 1. The van der Waals surface area contributed by atoms with Crippen molar-refractivity contribution in [3.8, 4) is 0 Å². The summed E-state index contributed by atoms with van der Waals surface area (Å²) in [6.07, 6.45) is 2.33. The molecule has 90 valence electrons. The third-order valence-corrected chi connectivity index (χ3v) is 3.81. The molecule has 0 amide bonds. The number of rotatable bonds is 1. The molecular weight excluding hydrogens is 210 g/mol. The molecule has 1 N–H and O–H groups in total. The minimum atomic E-state index is -0.752. The van der Waals surface area contributed by atoms with Gasteiger partial charge in [-0.25, -0.2) is 0 Å². The molecule has 2 nitrogen and oxygen atoms in total. The molecule has 0 aliphatic carbocycles. The number of aromatic nitrogens is 1. The van der Waals surface area contributed by atoms with E-state index in [1.54, 1.807) is 0 Å². The first-order chi connectivity index (χ1) is 7.97. The van der Waals surface area contributed by atoms with Crippen LogP contribution in [-0.4, -0.2) is 9.67 Å². The highest BCUT2D eigenvalue weighted by Crippen LogP contribution is 2.33. The van der Waals surface area contributed by atoms with Crippen LogP contribution in [0.5, 0.6) is 0 Å². The van der Waals surface area contributed by atoms with Crippen LogP contribution in [0.2, 0.25) is 0 Å². The highest BCUT2D eigenvalue weighted by Gasteiger charge is 2.21. The van der Waals surface area contributed by atoms with Crippen LogP contribution in [0.4, 0.5) is 0 Å². The lowest BCUT2D eigenvalue weighted by molar-refractivity contribution is 0.0786. The van der Waals surface area contributed by atoms with E-state index in [4.69, 9.17) is 0 Å². The van der Waals surface area contributed by atoms with Crippen LogP contribution < -0.4 is 0 Å². The first-order valence-corrected chi connectivity index (χ1v) is 6.32. The zero-order valence-corrected chi connectivity index (χ0v) is 10.7. The van der Waals surface area contributed by atoms with Crippen molar-refractivity contribution in [1.29, 1.82) is 0 Å². The lowest BCUT2D eigenvalue weighted by Crippen LogP contribution is -2.17. The van der Waals surface area contributed by atoms with Crippen molar-refractivity contribution in [1.82, 2.24) is 4.57 Å². The fourth-order valence-electron chi connectivity index (χ4n) is 2.90. The summed E-state index contributed by atoms with van der Waals surface area (Å²) in [5.74, 6) is 0. The van der Waals surface area contributed by atoms with Crippen LogP contribution in [0.15, 0.2) is 18.2 Å². The lowest BCUT2D eigenvalue weighted by atomic mass is 9.92. The second-order valence-electron chi connectivity index (χ2n) is 5.67. The van der Waals surface area contributed by atoms with Gasteiger partial charge >= 0.3 is 0 Å². The molecule has 0 saturated carbocycles. The van der Waals surface area contributed by atoms with Crippen LogP contribution in [0.3, 0.4) is 0 Å². The average molecular weight is 229 g/mol. The second kappa shape index (κ2) is 3.36. The van der Waals surface area contributed by atoms with Crippen molar-refractivity contribution in [2.75, 3.05) is 0 Å². The van der Waals surface area contributed by atoms with E-state index in [1.807, 2.05) is 13.8 Å². The van der Waals surface area contributed by atoms with Gasteiger partial charge in [0.2, 0.25) is 0 Å². The van der Waals surface area contributed by atoms with E-state index in [-0.39, 0.29) is 0 Å². The number of nitrogens with zero attached hydrogens (tertiary/aromatic N) is 1. The summed E-state index contributed by atoms with van der Waals surface area (Å²) in [4.78, 5) is 0. The van der Waals surface area contributed by atoms with Crippen molar-refractivity contribution >= 4 is 10.9 Å². The van der Waals surface area contributed by atoms with E-state index in [0.29, 0.717) is 0 Å². The quantitative estimate of drug-likeness (QED) is 0.798. The Balaban J connectivity index is 2.34. The minimum Gasteiger partial charge on any atom is -0.386 e. The smallest absolute Gasteiger partial charge is 0.0840 e. The largest absolute Gasteiger partial charge is 0.386 e. The molecule has 17 heavy (non-hydrogen) atoms. The SMILES string of the molecule is Cc1cc2cc(C(C)(C)O)cc3c2n1CCC3. The second-order valence-corrected chi connectivity index (χ2v) is 5.67. The fourth-order valence-corrected chi connectivity index (χ4v) is 2.90. The van der Waals surface area contributed by atoms with E-state index < -0.39 is 5.60 Å². The van der Waals surface area contributed by atoms with Gasteiger partial charge in [0.05, 0.1) is 11.1 Å². The first-order valence-electron chi connectivity index (χ1n) is 6.32. The molecule has 0 bridgehead atoms. The molecule has 0 saturated heterocycles. The summed E-state index contributed by atoms with van der Waals surface area (Å²) in [5, 5.41) is 11.4. The van der Waals surface area contributed by atoms with Gasteiger partial charge in [-0.15, -0.1) is 0 Å². The van der Waals surface area contributed by atoms with E-state index >= 15 is 0 Å². The molecule has 0 radical (unpaired) electrons. The van der Waals surface area contributed by atoms with Gasteiger partial charge in [-0.05, 0) is 56.9 Å². The maximum atomic E-state index is 10.2. The fraction of sp³-hybridized carbons (Fsp3) is 0.467. The van der Waals surface area contributed by atoms with E-state index in [1.165, 1.54) is 28.6 Å². The normalized spacial score (nSPS) is 15.5. The van der Waals surface area contributed by atoms with Crippen LogP contribution in [0.25, 0.3) is 10.9 Å². The van der Waals surface area contributed by atoms with Crippen LogP contribution in [0, 0.1) is 6.92 Å². The predicted molar refractivity (Wildman–Crippen MR) is 70.2 cm³/mol. The Bertz CT molecular complexity index is 587. The van der Waals surface area contributed by atoms with Gasteiger partial charge in [0.15, 0.2) is 0 Å². The van der Waals surface area contributed by atoms with Gasteiger partial charge in [0.1, 0.15) is 0 Å². The highest BCUT2D eigenvalue weighted by molar-refractivity contribution is 5.86. The van der Waals surface area contributed by atoms with E-state index in [0.717, 1.165) is 18.5 Å². The zero-order valence-electron chi connectivity index (χ0n) is 10.7. The number of aryl methyl sites for hydroxylation is 3. The predicted octanol–water partition coefficient (Wildman–Crippen LogP) is 3.12. The first kappa shape index (κ1) is 10.8. The average Bonchev–Trinajstić information content (AvgIpc) is 2.56. The van der Waals surface area contributed by atoms with Crippen molar-refractivity contribution in [2.45, 2.75) is 45.8 Å². The van der Waals surface area contributed by atoms with Crippen LogP contribution in [-0.2, 0) is 18.6 Å². The summed E-state index contributed by atoms with van der Waals surface area (Å²) in [6.45, 7) is 7.00. The summed E-state index contributed by atoms with van der Waals surface area (Å²) < 4.78 is 2.41. The van der Waals surface area contributed by atoms with E-state index in [2.05, 4.69) is 29.7 Å². The Labute approximate surface area is 102 Å². The highest BCUT2D eigenvalue weighted by atomic mass is 16.3. The third kappa shape index (κ3) is 1.59.